The fourth-order valence-electron chi connectivity index (χ4n) is 3.55. The van der Waals surface area contributed by atoms with Gasteiger partial charge < -0.3 is 14.8 Å². The molecule has 4 N–H and O–H groups in total. The Morgan fingerprint density at radius 3 is 2.62 bits per heavy atom. The number of urea groups is 1. The zero-order valence-corrected chi connectivity index (χ0v) is 16.9. The van der Waals surface area contributed by atoms with Crippen molar-refractivity contribution in [3.05, 3.63) is 62.6 Å². The van der Waals surface area contributed by atoms with E-state index in [2.05, 4.69) is 27.5 Å². The molecule has 3 heterocycles. The van der Waals surface area contributed by atoms with Crippen LogP contribution in [0.15, 0.2) is 29.2 Å². The maximum absolute atomic E-state index is 13.1. The van der Waals surface area contributed by atoms with Gasteiger partial charge in [-0.25, -0.2) is 9.59 Å². The van der Waals surface area contributed by atoms with Gasteiger partial charge in [0.25, 0.3) is 17.5 Å². The molecule has 0 saturated carbocycles. The summed E-state index contributed by atoms with van der Waals surface area (Å²) in [7, 11) is 1.45. The van der Waals surface area contributed by atoms with Crippen LogP contribution in [-0.2, 0) is 11.3 Å². The van der Waals surface area contributed by atoms with E-state index in [1.165, 1.54) is 20.1 Å². The summed E-state index contributed by atoms with van der Waals surface area (Å²) in [4.78, 5) is 65.4. The number of rotatable bonds is 3. The molecule has 1 aromatic heterocycles. The lowest BCUT2D eigenvalue weighted by Gasteiger charge is -2.30. The minimum Gasteiger partial charge on any atom is -0.497 e. The molecule has 1 fully saturated rings. The monoisotopic (exact) mass is 436 g/mol. The Labute approximate surface area is 180 Å². The van der Waals surface area contributed by atoms with Crippen LogP contribution in [-0.4, -0.2) is 51.6 Å². The number of pyridine rings is 1. The third-order valence-corrected chi connectivity index (χ3v) is 5.25. The van der Waals surface area contributed by atoms with Crippen molar-refractivity contribution in [1.29, 1.82) is 0 Å². The summed E-state index contributed by atoms with van der Waals surface area (Å²) < 4.78 is 5.14. The smallest absolute Gasteiger partial charge is 0.341 e. The Morgan fingerprint density at radius 1 is 1.25 bits per heavy atom. The molecule has 1 aromatic carbocycles. The number of nitrogens with one attached hydrogen (secondary N) is 3. The van der Waals surface area contributed by atoms with Crippen molar-refractivity contribution in [1.82, 2.24) is 20.5 Å². The van der Waals surface area contributed by atoms with Crippen molar-refractivity contribution in [2.24, 2.45) is 0 Å². The molecule has 0 unspecified atom stereocenters. The number of aryl methyl sites for hydroxylation is 1. The molecule has 11 nitrogen and oxygen atoms in total. The summed E-state index contributed by atoms with van der Waals surface area (Å²) in [5.41, 5.74) is -2.57. The SMILES string of the molecule is COc1ccc2c(c1)C(=O)N([C@@]1(C#Cc3c(C)[nH]cc(C(=O)O)c3=O)NC(=O)NC1=O)C2. The van der Waals surface area contributed by atoms with Gasteiger partial charge in [-0.15, -0.1) is 0 Å². The summed E-state index contributed by atoms with van der Waals surface area (Å²) in [5, 5.41) is 13.6. The highest BCUT2D eigenvalue weighted by Gasteiger charge is 2.54. The average molecular weight is 436 g/mol. The highest BCUT2D eigenvalue weighted by atomic mass is 16.5. The van der Waals surface area contributed by atoms with Crippen LogP contribution in [0, 0.1) is 18.8 Å². The standard InChI is InChI=1S/C21H16N4O7/c1-10-13(16(26)15(8-22-10)18(28)29)5-6-21(19(30)23-20(31)24-21)25-9-11-3-4-12(32-2)7-14(11)17(25)27/h3-4,7-8H,9H2,1-2H3,(H,22,26)(H,28,29)(H2,23,24,30,31)/t21-/m1/s1. The lowest BCUT2D eigenvalue weighted by molar-refractivity contribution is -0.126. The topological polar surface area (TPSA) is 158 Å². The van der Waals surface area contributed by atoms with Gasteiger partial charge in [-0.1, -0.05) is 12.0 Å². The van der Waals surface area contributed by atoms with Gasteiger partial charge in [0.15, 0.2) is 0 Å². The van der Waals surface area contributed by atoms with Gasteiger partial charge in [-0.2, -0.15) is 0 Å². The van der Waals surface area contributed by atoms with Crippen molar-refractivity contribution in [3.63, 3.8) is 0 Å². The van der Waals surface area contributed by atoms with Gasteiger partial charge in [0.2, 0.25) is 5.43 Å². The van der Waals surface area contributed by atoms with Gasteiger partial charge in [0, 0.05) is 17.5 Å². The first-order chi connectivity index (χ1) is 15.2. The van der Waals surface area contributed by atoms with Crippen molar-refractivity contribution < 1.29 is 29.0 Å². The molecular weight excluding hydrogens is 420 g/mol. The van der Waals surface area contributed by atoms with Crippen LogP contribution < -0.4 is 20.8 Å². The predicted molar refractivity (Wildman–Crippen MR) is 108 cm³/mol. The molecule has 1 atom stereocenters. The van der Waals surface area contributed by atoms with E-state index < -0.39 is 40.5 Å². The molecule has 1 saturated heterocycles. The minimum atomic E-state index is -2.10. The Bertz CT molecular complexity index is 1330. The quantitative estimate of drug-likeness (QED) is 0.387. The molecule has 4 amide bonds. The van der Waals surface area contributed by atoms with Crippen molar-refractivity contribution in [2.75, 3.05) is 7.11 Å². The van der Waals surface area contributed by atoms with E-state index in [1.54, 1.807) is 12.1 Å². The summed E-state index contributed by atoms with van der Waals surface area (Å²) in [5.74, 6) is 2.57. The Balaban J connectivity index is 1.84. The molecule has 2 aliphatic rings. The number of carboxylic acids is 1. The normalized spacial score (nSPS) is 19.1. The number of nitrogens with zero attached hydrogens (tertiary/aromatic N) is 1. The van der Waals surface area contributed by atoms with Crippen LogP contribution in [0.4, 0.5) is 4.79 Å². The number of carbonyl (C=O) groups is 4. The second kappa shape index (κ2) is 7.28. The number of amides is 4. The Kier molecular flexibility index (Phi) is 4.70. The van der Waals surface area contributed by atoms with E-state index in [-0.39, 0.29) is 23.4 Å². The number of H-pyrrole nitrogens is 1. The molecule has 11 heteroatoms. The molecule has 32 heavy (non-hydrogen) atoms. The van der Waals surface area contributed by atoms with E-state index in [0.29, 0.717) is 11.3 Å². The summed E-state index contributed by atoms with van der Waals surface area (Å²) >= 11 is 0. The van der Waals surface area contributed by atoms with E-state index in [0.717, 1.165) is 11.1 Å². The van der Waals surface area contributed by atoms with Gasteiger partial charge in [0.05, 0.1) is 19.2 Å². The fourth-order valence-corrected chi connectivity index (χ4v) is 3.55. The van der Waals surface area contributed by atoms with Crippen molar-refractivity contribution in [2.45, 2.75) is 19.1 Å². The highest BCUT2D eigenvalue weighted by molar-refractivity contribution is 6.12. The van der Waals surface area contributed by atoms with Gasteiger partial charge in [-0.3, -0.25) is 29.9 Å². The zero-order chi connectivity index (χ0) is 23.2. The van der Waals surface area contributed by atoms with Gasteiger partial charge >= 0.3 is 12.0 Å². The number of carbonyl (C=O) groups excluding carboxylic acids is 3. The maximum atomic E-state index is 13.1. The van der Waals surface area contributed by atoms with E-state index in [4.69, 9.17) is 4.74 Å². The van der Waals surface area contributed by atoms with Crippen molar-refractivity contribution >= 4 is 23.8 Å². The molecule has 0 radical (unpaired) electrons. The van der Waals surface area contributed by atoms with Crippen LogP contribution >= 0.6 is 0 Å². The molecule has 0 bridgehead atoms. The summed E-state index contributed by atoms with van der Waals surface area (Å²) in [6, 6.07) is 3.96. The largest absolute Gasteiger partial charge is 0.497 e. The number of hydrogen-bond acceptors (Lipinski definition) is 6. The highest BCUT2D eigenvalue weighted by Crippen LogP contribution is 2.32. The Hall–Kier alpha value is -4.59. The van der Waals surface area contributed by atoms with Crippen LogP contribution in [0.2, 0.25) is 0 Å². The van der Waals surface area contributed by atoms with Crippen LogP contribution in [0.25, 0.3) is 0 Å². The molecule has 2 aliphatic heterocycles. The van der Waals surface area contributed by atoms with Crippen LogP contribution in [0.1, 0.15) is 37.5 Å². The van der Waals surface area contributed by atoms with Crippen molar-refractivity contribution in [3.8, 4) is 17.6 Å². The third-order valence-electron chi connectivity index (χ3n) is 5.25. The Morgan fingerprint density at radius 2 is 2.00 bits per heavy atom. The second-order valence-corrected chi connectivity index (χ2v) is 7.12. The number of methoxy groups -OCH3 is 1. The van der Waals surface area contributed by atoms with E-state index in [9.17, 15) is 29.1 Å². The number of fused-ring (bicyclic) bond motifs is 1. The fraction of sp³-hybridized carbons (Fsp3) is 0.190. The van der Waals surface area contributed by atoms with Gasteiger partial charge in [-0.05, 0) is 30.5 Å². The first kappa shape index (κ1) is 20.7. The summed E-state index contributed by atoms with van der Waals surface area (Å²) in [6.07, 6.45) is 1.04. The molecule has 2 aromatic rings. The lowest BCUT2D eigenvalue weighted by atomic mass is 10.1. The maximum Gasteiger partial charge on any atom is 0.341 e. The van der Waals surface area contributed by atoms with Gasteiger partial charge in [0.1, 0.15) is 11.3 Å². The third kappa shape index (κ3) is 3.05. The van der Waals surface area contributed by atoms with Crippen LogP contribution in [0.5, 0.6) is 5.75 Å². The first-order valence-corrected chi connectivity index (χ1v) is 9.29. The predicted octanol–water partition coefficient (Wildman–Crippen LogP) is -0.0667. The lowest BCUT2D eigenvalue weighted by Crippen LogP contribution is -2.60. The molecular formula is C21H16N4O7. The number of aromatic carboxylic acids is 1. The van der Waals surface area contributed by atoms with E-state index in [1.807, 2.05) is 0 Å². The zero-order valence-electron chi connectivity index (χ0n) is 16.9. The van der Waals surface area contributed by atoms with Crippen LogP contribution in [0.3, 0.4) is 0 Å². The molecule has 162 valence electrons. The number of ether oxygens (including phenoxy) is 1. The molecule has 0 aliphatic carbocycles. The second-order valence-electron chi connectivity index (χ2n) is 7.12. The summed E-state index contributed by atoms with van der Waals surface area (Å²) in [6.45, 7) is 1.46. The first-order valence-electron chi connectivity index (χ1n) is 9.29. The molecule has 4 rings (SSSR count). The number of aromatic amines is 1. The molecule has 0 spiro atoms. The number of aromatic nitrogens is 1. The minimum absolute atomic E-state index is 0.0367. The number of carboxylic acid groups (broad SMARTS) is 1. The number of imide groups is 1. The number of benzene rings is 1. The average Bonchev–Trinajstić information content (AvgIpc) is 3.23. The van der Waals surface area contributed by atoms with E-state index >= 15 is 0 Å². The number of hydrogen-bond donors (Lipinski definition) is 4.